The number of hydrogen-bond donors (Lipinski definition) is 1. The van der Waals surface area contributed by atoms with Gasteiger partial charge in [0.05, 0.1) is 7.11 Å². The van der Waals surface area contributed by atoms with Crippen molar-refractivity contribution in [2.45, 2.75) is 17.7 Å². The summed E-state index contributed by atoms with van der Waals surface area (Å²) in [6.45, 7) is 0. The summed E-state index contributed by atoms with van der Waals surface area (Å²) in [6.07, 6.45) is -5.97. The molecular formula is C16H11F5O3. The molecule has 1 heterocycles. The summed E-state index contributed by atoms with van der Waals surface area (Å²) in [4.78, 5) is 0. The van der Waals surface area contributed by atoms with Crippen molar-refractivity contribution in [1.82, 2.24) is 0 Å². The average molecular weight is 346 g/mol. The van der Waals surface area contributed by atoms with Crippen molar-refractivity contribution in [2.75, 3.05) is 7.11 Å². The molecule has 2 aromatic rings. The van der Waals surface area contributed by atoms with Gasteiger partial charge in [-0.05, 0) is 18.2 Å². The van der Waals surface area contributed by atoms with Crippen LogP contribution >= 0.6 is 0 Å². The highest BCUT2D eigenvalue weighted by molar-refractivity contribution is 5.59. The highest BCUT2D eigenvalue weighted by Gasteiger charge is 2.73. The Balaban J connectivity index is 2.34. The van der Waals surface area contributed by atoms with Crippen LogP contribution < -0.4 is 9.47 Å². The van der Waals surface area contributed by atoms with Crippen LogP contribution in [0.2, 0.25) is 0 Å². The molecule has 24 heavy (non-hydrogen) atoms. The second-order valence-corrected chi connectivity index (χ2v) is 5.24. The molecule has 0 fully saturated rings. The van der Waals surface area contributed by atoms with Crippen LogP contribution in [0.4, 0.5) is 22.0 Å². The van der Waals surface area contributed by atoms with E-state index in [2.05, 4.69) is 0 Å². The molecule has 1 aliphatic rings. The molecule has 0 saturated heterocycles. The summed E-state index contributed by atoms with van der Waals surface area (Å²) in [6, 6.07) is 8.07. The van der Waals surface area contributed by atoms with Gasteiger partial charge in [0.2, 0.25) is 0 Å². The minimum atomic E-state index is -5.97. The highest BCUT2D eigenvalue weighted by atomic mass is 19.4. The molecule has 1 atom stereocenters. The number of halogens is 5. The zero-order chi connectivity index (χ0) is 17.8. The molecule has 0 saturated carbocycles. The molecule has 0 amide bonds. The van der Waals surface area contributed by atoms with Crippen LogP contribution in [0.5, 0.6) is 17.2 Å². The predicted molar refractivity (Wildman–Crippen MR) is 73.5 cm³/mol. The van der Waals surface area contributed by atoms with Gasteiger partial charge in [-0.1, -0.05) is 18.2 Å². The molecule has 3 rings (SSSR count). The number of para-hydroxylation sites is 1. The van der Waals surface area contributed by atoms with Gasteiger partial charge in [0.1, 0.15) is 17.2 Å². The summed E-state index contributed by atoms with van der Waals surface area (Å²) >= 11 is 0. The van der Waals surface area contributed by atoms with E-state index in [1.807, 2.05) is 0 Å². The van der Waals surface area contributed by atoms with Crippen molar-refractivity contribution < 1.29 is 36.5 Å². The van der Waals surface area contributed by atoms with Crippen molar-refractivity contribution in [3.8, 4) is 17.2 Å². The van der Waals surface area contributed by atoms with Crippen molar-refractivity contribution in [2.24, 2.45) is 0 Å². The van der Waals surface area contributed by atoms with Gasteiger partial charge in [0, 0.05) is 17.2 Å². The fourth-order valence-corrected chi connectivity index (χ4v) is 2.67. The Labute approximate surface area is 133 Å². The number of fused-ring (bicyclic) bond motifs is 2. The van der Waals surface area contributed by atoms with Crippen LogP contribution in [-0.4, -0.2) is 24.3 Å². The maximum atomic E-state index is 14.3. The first-order valence-electron chi connectivity index (χ1n) is 6.75. The van der Waals surface area contributed by atoms with Gasteiger partial charge >= 0.3 is 12.1 Å². The normalized spacial score (nSPS) is 20.0. The van der Waals surface area contributed by atoms with E-state index in [1.54, 1.807) is 0 Å². The van der Waals surface area contributed by atoms with E-state index in [0.717, 1.165) is 18.2 Å². The van der Waals surface area contributed by atoms with Crippen molar-refractivity contribution in [3.63, 3.8) is 0 Å². The monoisotopic (exact) mass is 346 g/mol. The third-order valence-corrected chi connectivity index (χ3v) is 3.89. The number of methoxy groups -OCH3 is 1. The topological polar surface area (TPSA) is 38.7 Å². The Morgan fingerprint density at radius 3 is 2.21 bits per heavy atom. The zero-order valence-electron chi connectivity index (χ0n) is 12.2. The van der Waals surface area contributed by atoms with Crippen LogP contribution in [0.3, 0.4) is 0 Å². The highest BCUT2D eigenvalue weighted by Crippen LogP contribution is 2.58. The Morgan fingerprint density at radius 2 is 1.58 bits per heavy atom. The first-order chi connectivity index (χ1) is 11.1. The molecule has 8 heteroatoms. The molecule has 2 aromatic carbocycles. The fraction of sp³-hybridized carbons (Fsp3) is 0.250. The lowest BCUT2D eigenvalue weighted by molar-refractivity contribution is -0.337. The number of hydrogen-bond acceptors (Lipinski definition) is 3. The Kier molecular flexibility index (Phi) is 3.49. The Hall–Kier alpha value is -2.35. The van der Waals surface area contributed by atoms with Crippen molar-refractivity contribution in [1.29, 1.82) is 0 Å². The summed E-state index contributed by atoms with van der Waals surface area (Å²) in [5.74, 6) is -5.88. The number of aliphatic hydroxyl groups is 1. The van der Waals surface area contributed by atoms with Gasteiger partial charge in [0.25, 0.3) is 0 Å². The maximum Gasteiger partial charge on any atom is 0.457 e. The van der Waals surface area contributed by atoms with Crippen LogP contribution in [-0.2, 0) is 5.60 Å². The van der Waals surface area contributed by atoms with Crippen LogP contribution in [0.1, 0.15) is 11.1 Å². The Bertz CT molecular complexity index is 788. The minimum absolute atomic E-state index is 0.186. The van der Waals surface area contributed by atoms with E-state index in [-0.39, 0.29) is 17.2 Å². The largest absolute Gasteiger partial charge is 0.497 e. The first-order valence-corrected chi connectivity index (χ1v) is 6.75. The standard InChI is InChI=1S/C16H11F5O3/c1-23-9-6-7-11-13(8-9)24-12-5-3-2-4-10(12)14(11,22)15(17,18)16(19,20)21/h2-8,22H,1H3. The lowest BCUT2D eigenvalue weighted by Gasteiger charge is -2.41. The molecule has 1 N–H and O–H groups in total. The average Bonchev–Trinajstić information content (AvgIpc) is 2.53. The van der Waals surface area contributed by atoms with Gasteiger partial charge in [-0.3, -0.25) is 0 Å². The third-order valence-electron chi connectivity index (χ3n) is 3.89. The first kappa shape index (κ1) is 16.5. The van der Waals surface area contributed by atoms with E-state index in [0.29, 0.717) is 0 Å². The number of ether oxygens (including phenoxy) is 2. The smallest absolute Gasteiger partial charge is 0.457 e. The fourth-order valence-electron chi connectivity index (χ4n) is 2.67. The second-order valence-electron chi connectivity index (χ2n) is 5.24. The van der Waals surface area contributed by atoms with Crippen molar-refractivity contribution in [3.05, 3.63) is 53.6 Å². The SMILES string of the molecule is COc1ccc2c(c1)Oc1ccccc1C2(O)C(F)(F)C(F)(F)F. The van der Waals surface area contributed by atoms with Gasteiger partial charge in [-0.25, -0.2) is 0 Å². The molecule has 3 nitrogen and oxygen atoms in total. The predicted octanol–water partition coefficient (Wildman–Crippen LogP) is 4.23. The summed E-state index contributed by atoms with van der Waals surface area (Å²) in [7, 11) is 1.30. The molecule has 0 aromatic heterocycles. The van der Waals surface area contributed by atoms with Gasteiger partial charge in [0.15, 0.2) is 5.60 Å². The molecule has 1 unspecified atom stereocenters. The van der Waals surface area contributed by atoms with E-state index in [1.165, 1.54) is 31.4 Å². The zero-order valence-corrected chi connectivity index (χ0v) is 12.2. The lowest BCUT2D eigenvalue weighted by Crippen LogP contribution is -2.56. The van der Waals surface area contributed by atoms with Gasteiger partial charge in [-0.2, -0.15) is 22.0 Å². The molecule has 128 valence electrons. The van der Waals surface area contributed by atoms with E-state index >= 15 is 0 Å². The van der Waals surface area contributed by atoms with Gasteiger partial charge in [-0.15, -0.1) is 0 Å². The van der Waals surface area contributed by atoms with Gasteiger partial charge < -0.3 is 14.6 Å². The number of alkyl halides is 5. The molecule has 0 radical (unpaired) electrons. The van der Waals surface area contributed by atoms with E-state index < -0.39 is 28.8 Å². The maximum absolute atomic E-state index is 14.3. The van der Waals surface area contributed by atoms with E-state index in [4.69, 9.17) is 9.47 Å². The molecule has 1 aliphatic heterocycles. The minimum Gasteiger partial charge on any atom is -0.497 e. The third kappa shape index (κ3) is 2.06. The number of benzene rings is 2. The molecule has 0 spiro atoms. The molecule has 0 bridgehead atoms. The summed E-state index contributed by atoms with van der Waals surface area (Å²) in [5.41, 5.74) is -4.98. The van der Waals surface area contributed by atoms with Crippen LogP contribution in [0.25, 0.3) is 0 Å². The Morgan fingerprint density at radius 1 is 0.958 bits per heavy atom. The van der Waals surface area contributed by atoms with Crippen LogP contribution in [0.15, 0.2) is 42.5 Å². The van der Waals surface area contributed by atoms with E-state index in [9.17, 15) is 27.1 Å². The van der Waals surface area contributed by atoms with Crippen molar-refractivity contribution >= 4 is 0 Å². The summed E-state index contributed by atoms with van der Waals surface area (Å²) < 4.78 is 77.9. The number of rotatable bonds is 2. The van der Waals surface area contributed by atoms with Crippen LogP contribution in [0, 0.1) is 0 Å². The molecule has 0 aliphatic carbocycles. The quantitative estimate of drug-likeness (QED) is 0.827. The second kappa shape index (κ2) is 5.07. The summed E-state index contributed by atoms with van der Waals surface area (Å²) in [5, 5.41) is 10.6. The molecular weight excluding hydrogens is 335 g/mol. The lowest BCUT2D eigenvalue weighted by atomic mass is 9.78.